The highest BCUT2D eigenvalue weighted by Crippen LogP contribution is 2.21. The van der Waals surface area contributed by atoms with Crippen molar-refractivity contribution < 1.29 is 14.6 Å². The fraction of sp³-hybridized carbons (Fsp3) is 0.333. The first-order valence-corrected chi connectivity index (χ1v) is 6.49. The number of ether oxygens (including phenoxy) is 1. The third-order valence-electron chi connectivity index (χ3n) is 3.23. The molecule has 0 bridgehead atoms. The fourth-order valence-corrected chi connectivity index (χ4v) is 2.23. The predicted octanol–water partition coefficient (Wildman–Crippen LogP) is 2.58. The number of aryl methyl sites for hydroxylation is 2. The minimum Gasteiger partial charge on any atom is -0.496 e. The molecule has 106 valence electrons. The normalized spacial score (nSPS) is 10.6. The van der Waals surface area contributed by atoms with Gasteiger partial charge < -0.3 is 14.8 Å². The molecule has 1 heterocycles. The number of nitrogens with zero attached hydrogens (tertiary/aromatic N) is 1. The first kappa shape index (κ1) is 14.1. The molecule has 2 rings (SSSR count). The number of aromatic nitrogens is 2. The Hall–Kier alpha value is -2.30. The molecule has 1 aromatic carbocycles. The van der Waals surface area contributed by atoms with Gasteiger partial charge in [0.1, 0.15) is 11.6 Å². The van der Waals surface area contributed by atoms with E-state index in [1.807, 2.05) is 12.1 Å². The van der Waals surface area contributed by atoms with Gasteiger partial charge in [-0.25, -0.2) is 9.78 Å². The van der Waals surface area contributed by atoms with Gasteiger partial charge in [-0.05, 0) is 30.5 Å². The Balaban J connectivity index is 2.26. The number of carboxylic acids is 1. The highest BCUT2D eigenvalue weighted by molar-refractivity contribution is 5.86. The number of carboxylic acid groups (broad SMARTS) is 1. The highest BCUT2D eigenvalue weighted by atomic mass is 16.5. The van der Waals surface area contributed by atoms with Gasteiger partial charge in [-0.2, -0.15) is 0 Å². The summed E-state index contributed by atoms with van der Waals surface area (Å²) in [5, 5.41) is 9.00. The lowest BCUT2D eigenvalue weighted by Crippen LogP contribution is -1.99. The Kier molecular flexibility index (Phi) is 4.08. The van der Waals surface area contributed by atoms with Crippen molar-refractivity contribution in [3.63, 3.8) is 0 Å². The SMILES string of the molecule is CCc1cc(Cc2nc(C(=O)O)c(C)[nH]2)ccc1OC. The van der Waals surface area contributed by atoms with Crippen LogP contribution in [0.3, 0.4) is 0 Å². The van der Waals surface area contributed by atoms with E-state index in [1.54, 1.807) is 14.0 Å². The molecule has 1 aromatic heterocycles. The topological polar surface area (TPSA) is 75.2 Å². The molecule has 0 amide bonds. The number of imidazole rings is 1. The number of benzene rings is 1. The van der Waals surface area contributed by atoms with E-state index in [4.69, 9.17) is 9.84 Å². The number of aromatic amines is 1. The van der Waals surface area contributed by atoms with E-state index in [0.717, 1.165) is 23.3 Å². The van der Waals surface area contributed by atoms with Crippen molar-refractivity contribution in [3.05, 3.63) is 46.5 Å². The molecule has 0 saturated carbocycles. The first-order valence-electron chi connectivity index (χ1n) is 6.49. The molecule has 2 aromatic rings. The average Bonchev–Trinajstić information content (AvgIpc) is 2.79. The quantitative estimate of drug-likeness (QED) is 0.878. The predicted molar refractivity (Wildman–Crippen MR) is 75.5 cm³/mol. The van der Waals surface area contributed by atoms with Crippen molar-refractivity contribution in [3.8, 4) is 5.75 Å². The summed E-state index contributed by atoms with van der Waals surface area (Å²) in [5.74, 6) is 0.527. The number of H-pyrrole nitrogens is 1. The second kappa shape index (κ2) is 5.77. The summed E-state index contributed by atoms with van der Waals surface area (Å²) in [4.78, 5) is 18.1. The summed E-state index contributed by atoms with van der Waals surface area (Å²) in [5.41, 5.74) is 2.88. The molecule has 0 fully saturated rings. The number of hydrogen-bond donors (Lipinski definition) is 2. The Bertz CT molecular complexity index is 632. The molecule has 0 spiro atoms. The number of aromatic carboxylic acids is 1. The minimum absolute atomic E-state index is 0.0872. The van der Waals surface area contributed by atoms with Crippen LogP contribution in [0.5, 0.6) is 5.75 Å². The van der Waals surface area contributed by atoms with Crippen LogP contribution in [0.2, 0.25) is 0 Å². The third-order valence-corrected chi connectivity index (χ3v) is 3.23. The molecule has 5 heteroatoms. The second-order valence-electron chi connectivity index (χ2n) is 4.64. The van der Waals surface area contributed by atoms with Gasteiger partial charge in [-0.15, -0.1) is 0 Å². The van der Waals surface area contributed by atoms with E-state index in [1.165, 1.54) is 0 Å². The standard InChI is InChI=1S/C15H18N2O3/c1-4-11-7-10(5-6-12(11)20-3)8-13-16-9(2)14(17-13)15(18)19/h5-7H,4,8H2,1-3H3,(H,16,17)(H,18,19). The van der Waals surface area contributed by atoms with Crippen molar-refractivity contribution in [2.75, 3.05) is 7.11 Å². The second-order valence-corrected chi connectivity index (χ2v) is 4.64. The van der Waals surface area contributed by atoms with Crippen LogP contribution in [0, 0.1) is 6.92 Å². The Morgan fingerprint density at radius 1 is 1.45 bits per heavy atom. The van der Waals surface area contributed by atoms with E-state index < -0.39 is 5.97 Å². The molecule has 0 atom stereocenters. The van der Waals surface area contributed by atoms with Gasteiger partial charge in [-0.1, -0.05) is 19.1 Å². The van der Waals surface area contributed by atoms with Gasteiger partial charge in [-0.3, -0.25) is 0 Å². The third kappa shape index (κ3) is 2.82. The van der Waals surface area contributed by atoms with Gasteiger partial charge >= 0.3 is 5.97 Å². The minimum atomic E-state index is -1.01. The van der Waals surface area contributed by atoms with Crippen LogP contribution in [0.25, 0.3) is 0 Å². The molecule has 0 unspecified atom stereocenters. The van der Waals surface area contributed by atoms with Gasteiger partial charge in [0.2, 0.25) is 0 Å². The van der Waals surface area contributed by atoms with Gasteiger partial charge in [0, 0.05) is 12.1 Å². The fourth-order valence-electron chi connectivity index (χ4n) is 2.23. The number of carbonyl (C=O) groups is 1. The number of nitrogens with one attached hydrogen (secondary N) is 1. The molecule has 0 radical (unpaired) electrons. The Morgan fingerprint density at radius 3 is 2.75 bits per heavy atom. The maximum absolute atomic E-state index is 11.0. The lowest BCUT2D eigenvalue weighted by molar-refractivity contribution is 0.0690. The summed E-state index contributed by atoms with van der Waals surface area (Å²) in [6.45, 7) is 3.78. The molecule has 5 nitrogen and oxygen atoms in total. The Morgan fingerprint density at radius 2 is 2.20 bits per heavy atom. The van der Waals surface area contributed by atoms with E-state index >= 15 is 0 Å². The molecule has 0 saturated heterocycles. The summed E-state index contributed by atoms with van der Waals surface area (Å²) in [6.07, 6.45) is 1.46. The van der Waals surface area contributed by atoms with Crippen molar-refractivity contribution in [2.45, 2.75) is 26.7 Å². The van der Waals surface area contributed by atoms with Gasteiger partial charge in [0.25, 0.3) is 0 Å². The molecular formula is C15H18N2O3. The zero-order chi connectivity index (χ0) is 14.7. The van der Waals surface area contributed by atoms with Crippen molar-refractivity contribution in [1.29, 1.82) is 0 Å². The van der Waals surface area contributed by atoms with E-state index in [2.05, 4.69) is 23.0 Å². The molecule has 2 N–H and O–H groups in total. The van der Waals surface area contributed by atoms with E-state index in [9.17, 15) is 4.79 Å². The van der Waals surface area contributed by atoms with Crippen LogP contribution in [0.1, 0.15) is 40.1 Å². The van der Waals surface area contributed by atoms with E-state index in [-0.39, 0.29) is 5.69 Å². The first-order chi connectivity index (χ1) is 9.55. The molecular weight excluding hydrogens is 256 g/mol. The molecule has 20 heavy (non-hydrogen) atoms. The largest absolute Gasteiger partial charge is 0.496 e. The van der Waals surface area contributed by atoms with Crippen LogP contribution in [-0.4, -0.2) is 28.2 Å². The van der Waals surface area contributed by atoms with Crippen LogP contribution in [-0.2, 0) is 12.8 Å². The zero-order valence-electron chi connectivity index (χ0n) is 11.9. The van der Waals surface area contributed by atoms with Crippen LogP contribution >= 0.6 is 0 Å². The van der Waals surface area contributed by atoms with Crippen molar-refractivity contribution in [1.82, 2.24) is 9.97 Å². The summed E-state index contributed by atoms with van der Waals surface area (Å²) in [6, 6.07) is 5.97. The lowest BCUT2D eigenvalue weighted by Gasteiger charge is -2.08. The molecule has 0 aliphatic carbocycles. The van der Waals surface area contributed by atoms with Crippen molar-refractivity contribution in [2.24, 2.45) is 0 Å². The smallest absolute Gasteiger partial charge is 0.356 e. The number of methoxy groups -OCH3 is 1. The van der Waals surface area contributed by atoms with E-state index in [0.29, 0.717) is 17.9 Å². The van der Waals surface area contributed by atoms with Crippen molar-refractivity contribution >= 4 is 5.97 Å². The van der Waals surface area contributed by atoms with Crippen LogP contribution in [0.15, 0.2) is 18.2 Å². The highest BCUT2D eigenvalue weighted by Gasteiger charge is 2.13. The van der Waals surface area contributed by atoms with Crippen LogP contribution < -0.4 is 4.74 Å². The summed E-state index contributed by atoms with van der Waals surface area (Å²) >= 11 is 0. The van der Waals surface area contributed by atoms with Crippen LogP contribution in [0.4, 0.5) is 0 Å². The molecule has 0 aliphatic rings. The van der Waals surface area contributed by atoms with Gasteiger partial charge in [0.05, 0.1) is 7.11 Å². The summed E-state index contributed by atoms with van der Waals surface area (Å²) in [7, 11) is 1.66. The Labute approximate surface area is 117 Å². The average molecular weight is 274 g/mol. The van der Waals surface area contributed by atoms with Gasteiger partial charge in [0.15, 0.2) is 5.69 Å². The molecule has 0 aliphatic heterocycles. The monoisotopic (exact) mass is 274 g/mol. The number of hydrogen-bond acceptors (Lipinski definition) is 3. The number of rotatable bonds is 5. The summed E-state index contributed by atoms with van der Waals surface area (Å²) < 4.78 is 5.29. The maximum atomic E-state index is 11.0. The maximum Gasteiger partial charge on any atom is 0.356 e. The zero-order valence-corrected chi connectivity index (χ0v) is 11.9. The lowest BCUT2D eigenvalue weighted by atomic mass is 10.1.